The van der Waals surface area contributed by atoms with Crippen molar-refractivity contribution in [1.29, 1.82) is 0 Å². The van der Waals surface area contributed by atoms with Gasteiger partial charge in [0.25, 0.3) is 5.91 Å². The van der Waals surface area contributed by atoms with Crippen LogP contribution in [0.15, 0.2) is 60.8 Å². The zero-order valence-corrected chi connectivity index (χ0v) is 16.1. The summed E-state index contributed by atoms with van der Waals surface area (Å²) in [5, 5.41) is 23.3. The topological polar surface area (TPSA) is 86.5 Å². The molecule has 2 aromatic carbocycles. The molecule has 6 nitrogen and oxygen atoms in total. The lowest BCUT2D eigenvalue weighted by Crippen LogP contribution is -2.38. The van der Waals surface area contributed by atoms with Crippen molar-refractivity contribution in [2.24, 2.45) is 0 Å². The number of aryl methyl sites for hydroxylation is 1. The maximum absolute atomic E-state index is 11.2. The first-order valence-electron chi connectivity index (χ1n) is 9.83. The molecule has 1 aliphatic carbocycles. The van der Waals surface area contributed by atoms with E-state index in [1.54, 1.807) is 11.6 Å². The fourth-order valence-corrected chi connectivity index (χ4v) is 4.11. The third kappa shape index (κ3) is 4.24. The van der Waals surface area contributed by atoms with Gasteiger partial charge in [0.05, 0.1) is 6.61 Å². The first-order valence-corrected chi connectivity index (χ1v) is 9.83. The number of carbonyl (C=O) groups is 1. The van der Waals surface area contributed by atoms with Crippen LogP contribution in [0.5, 0.6) is 0 Å². The van der Waals surface area contributed by atoms with Gasteiger partial charge in [-0.2, -0.15) is 0 Å². The van der Waals surface area contributed by atoms with E-state index in [1.807, 2.05) is 18.2 Å². The van der Waals surface area contributed by atoms with Crippen LogP contribution in [0.1, 0.15) is 29.2 Å². The SMILES string of the molecule is O=C(/C=C/c1ccc2c(c1)CCC2N[C@H](CO)Cn1ccc2ccccc21)NO. The molecule has 0 radical (unpaired) electrons. The Labute approximate surface area is 169 Å². The van der Waals surface area contributed by atoms with Crippen molar-refractivity contribution >= 4 is 22.9 Å². The smallest absolute Gasteiger partial charge is 0.267 e. The maximum Gasteiger partial charge on any atom is 0.267 e. The number of aliphatic hydroxyl groups is 1. The average Bonchev–Trinajstić information content (AvgIpc) is 3.35. The zero-order chi connectivity index (χ0) is 20.2. The second-order valence-electron chi connectivity index (χ2n) is 7.43. The number of hydrogen-bond donors (Lipinski definition) is 4. The number of carbonyl (C=O) groups excluding carboxylic acids is 1. The molecule has 0 fully saturated rings. The van der Waals surface area contributed by atoms with Gasteiger partial charge in [0.2, 0.25) is 0 Å². The van der Waals surface area contributed by atoms with E-state index in [-0.39, 0.29) is 18.7 Å². The lowest BCUT2D eigenvalue weighted by Gasteiger charge is -2.23. The van der Waals surface area contributed by atoms with Crippen molar-refractivity contribution in [3.8, 4) is 0 Å². The van der Waals surface area contributed by atoms with Gasteiger partial charge in [-0.15, -0.1) is 0 Å². The minimum atomic E-state index is -0.548. The molecular weight excluding hydrogens is 366 g/mol. The molecular formula is C23H25N3O3. The predicted octanol–water partition coefficient (Wildman–Crippen LogP) is 2.80. The molecule has 4 N–H and O–H groups in total. The van der Waals surface area contributed by atoms with Gasteiger partial charge in [-0.05, 0) is 53.1 Å². The standard InChI is InChI=1S/C23H25N3O3/c27-15-19(14-26-12-11-17-3-1-2-4-22(17)26)24-21-9-7-18-13-16(5-8-20(18)21)6-10-23(28)25-29/h1-6,8,10-13,19,21,24,27,29H,7,9,14-15H2,(H,25,28)/b10-6+/t19-,21?/m0/s1. The van der Waals surface area contributed by atoms with Gasteiger partial charge >= 0.3 is 0 Å². The number of nitrogens with one attached hydrogen (secondary N) is 2. The quantitative estimate of drug-likeness (QED) is 0.283. The van der Waals surface area contributed by atoms with Crippen LogP contribution < -0.4 is 10.8 Å². The highest BCUT2D eigenvalue weighted by Gasteiger charge is 2.25. The lowest BCUT2D eigenvalue weighted by atomic mass is 10.0. The molecule has 0 aliphatic heterocycles. The summed E-state index contributed by atoms with van der Waals surface area (Å²) in [5.41, 5.74) is 6.17. The minimum absolute atomic E-state index is 0.0467. The van der Waals surface area contributed by atoms with E-state index in [0.717, 1.165) is 18.4 Å². The number of aromatic nitrogens is 1. The Morgan fingerprint density at radius 2 is 2.10 bits per heavy atom. The van der Waals surface area contributed by atoms with Crippen molar-refractivity contribution in [3.05, 3.63) is 77.5 Å². The molecule has 150 valence electrons. The van der Waals surface area contributed by atoms with Crippen LogP contribution in [-0.4, -0.2) is 33.4 Å². The Hall–Kier alpha value is -2.93. The fourth-order valence-electron chi connectivity index (χ4n) is 4.11. The fraction of sp³-hybridized carbons (Fsp3) is 0.261. The molecule has 1 amide bonds. The van der Waals surface area contributed by atoms with Crippen LogP contribution in [0.3, 0.4) is 0 Å². The number of nitrogens with zero attached hydrogens (tertiary/aromatic N) is 1. The van der Waals surface area contributed by atoms with Crippen LogP contribution in [-0.2, 0) is 17.8 Å². The Bertz CT molecular complexity index is 1040. The van der Waals surface area contributed by atoms with E-state index in [2.05, 4.69) is 46.4 Å². The van der Waals surface area contributed by atoms with E-state index in [9.17, 15) is 9.90 Å². The van der Waals surface area contributed by atoms with Gasteiger partial charge in [0.15, 0.2) is 0 Å². The molecule has 0 spiro atoms. The number of benzene rings is 2. The van der Waals surface area contributed by atoms with Gasteiger partial charge in [-0.25, -0.2) is 5.48 Å². The van der Waals surface area contributed by atoms with Crippen LogP contribution in [0, 0.1) is 0 Å². The summed E-state index contributed by atoms with van der Waals surface area (Å²) in [5.74, 6) is -0.548. The number of hydrogen-bond acceptors (Lipinski definition) is 4. The first kappa shape index (κ1) is 19.4. The molecule has 1 unspecified atom stereocenters. The summed E-state index contributed by atoms with van der Waals surface area (Å²) in [7, 11) is 0. The Morgan fingerprint density at radius 1 is 1.24 bits per heavy atom. The number of fused-ring (bicyclic) bond motifs is 2. The predicted molar refractivity (Wildman–Crippen MR) is 112 cm³/mol. The summed E-state index contributed by atoms with van der Waals surface area (Å²) >= 11 is 0. The lowest BCUT2D eigenvalue weighted by molar-refractivity contribution is -0.124. The van der Waals surface area contributed by atoms with Gasteiger partial charge in [-0.3, -0.25) is 10.0 Å². The van der Waals surface area contributed by atoms with Crippen molar-refractivity contribution in [1.82, 2.24) is 15.4 Å². The molecule has 29 heavy (non-hydrogen) atoms. The summed E-state index contributed by atoms with van der Waals surface area (Å²) < 4.78 is 2.18. The summed E-state index contributed by atoms with van der Waals surface area (Å²) in [6.07, 6.45) is 6.97. The van der Waals surface area contributed by atoms with Crippen LogP contribution in [0.2, 0.25) is 0 Å². The second kappa shape index (κ2) is 8.61. The number of amides is 1. The maximum atomic E-state index is 11.2. The Balaban J connectivity index is 1.46. The monoisotopic (exact) mass is 391 g/mol. The number of rotatable bonds is 7. The molecule has 4 rings (SSSR count). The zero-order valence-electron chi connectivity index (χ0n) is 16.1. The third-order valence-corrected chi connectivity index (χ3v) is 5.54. The number of hydroxylamine groups is 1. The summed E-state index contributed by atoms with van der Waals surface area (Å²) in [6, 6.07) is 16.6. The number of para-hydroxylation sites is 1. The second-order valence-corrected chi connectivity index (χ2v) is 7.43. The van der Waals surface area contributed by atoms with Crippen molar-refractivity contribution < 1.29 is 15.1 Å². The van der Waals surface area contributed by atoms with Gasteiger partial charge in [0.1, 0.15) is 0 Å². The number of aliphatic hydroxyl groups excluding tert-OH is 1. The first-order chi connectivity index (χ1) is 14.2. The molecule has 1 aromatic heterocycles. The molecule has 1 aliphatic rings. The van der Waals surface area contributed by atoms with Crippen molar-refractivity contribution in [2.75, 3.05) is 6.61 Å². The summed E-state index contributed by atoms with van der Waals surface area (Å²) in [6.45, 7) is 0.766. The molecule has 0 saturated heterocycles. The molecule has 1 heterocycles. The highest BCUT2D eigenvalue weighted by atomic mass is 16.5. The molecule has 3 aromatic rings. The molecule has 0 bridgehead atoms. The van der Waals surface area contributed by atoms with Crippen molar-refractivity contribution in [2.45, 2.75) is 31.5 Å². The molecule has 2 atom stereocenters. The van der Waals surface area contributed by atoms with E-state index >= 15 is 0 Å². The largest absolute Gasteiger partial charge is 0.395 e. The summed E-state index contributed by atoms with van der Waals surface area (Å²) in [4.78, 5) is 11.2. The van der Waals surface area contributed by atoms with Crippen LogP contribution in [0.4, 0.5) is 0 Å². The third-order valence-electron chi connectivity index (χ3n) is 5.54. The Morgan fingerprint density at radius 3 is 2.93 bits per heavy atom. The van der Waals surface area contributed by atoms with E-state index in [4.69, 9.17) is 5.21 Å². The normalized spacial score (nSPS) is 17.0. The van der Waals surface area contributed by atoms with Crippen LogP contribution >= 0.6 is 0 Å². The minimum Gasteiger partial charge on any atom is -0.395 e. The van der Waals surface area contributed by atoms with E-state index in [0.29, 0.717) is 6.54 Å². The van der Waals surface area contributed by atoms with E-state index in [1.165, 1.54) is 28.1 Å². The van der Waals surface area contributed by atoms with Crippen LogP contribution in [0.25, 0.3) is 17.0 Å². The average molecular weight is 391 g/mol. The van der Waals surface area contributed by atoms with E-state index < -0.39 is 5.91 Å². The van der Waals surface area contributed by atoms with Gasteiger partial charge in [0, 0.05) is 36.4 Å². The Kier molecular flexibility index (Phi) is 5.76. The molecule has 6 heteroatoms. The van der Waals surface area contributed by atoms with Gasteiger partial charge in [-0.1, -0.05) is 36.4 Å². The van der Waals surface area contributed by atoms with Crippen molar-refractivity contribution in [3.63, 3.8) is 0 Å². The molecule has 0 saturated carbocycles. The van der Waals surface area contributed by atoms with Gasteiger partial charge < -0.3 is 15.0 Å². The highest BCUT2D eigenvalue weighted by Crippen LogP contribution is 2.32. The highest BCUT2D eigenvalue weighted by molar-refractivity contribution is 5.90.